The van der Waals surface area contributed by atoms with Crippen LogP contribution in [0.3, 0.4) is 0 Å². The maximum absolute atomic E-state index is 16.6. The Bertz CT molecular complexity index is 2660. The predicted octanol–water partition coefficient (Wildman–Crippen LogP) is 5.99. The molecule has 7 heterocycles. The number of aromatic nitrogens is 5. The lowest BCUT2D eigenvalue weighted by molar-refractivity contribution is -0.131. The topological polar surface area (TPSA) is 173 Å². The molecule has 332 valence electrons. The van der Waals surface area contributed by atoms with Gasteiger partial charge >= 0.3 is 6.03 Å². The average Bonchev–Trinajstić information content (AvgIpc) is 4.01. The first-order chi connectivity index (χ1) is 30.9. The van der Waals surface area contributed by atoms with Gasteiger partial charge in [0.15, 0.2) is 5.82 Å². The van der Waals surface area contributed by atoms with Crippen LogP contribution in [0.4, 0.5) is 20.6 Å². The fourth-order valence-electron chi connectivity index (χ4n) is 9.44. The van der Waals surface area contributed by atoms with Crippen LogP contribution < -0.4 is 15.1 Å². The number of benzene rings is 2. The number of H-pyrrole nitrogens is 1. The van der Waals surface area contributed by atoms with Crippen LogP contribution in [0.1, 0.15) is 71.5 Å². The zero-order valence-corrected chi connectivity index (χ0v) is 36.5. The van der Waals surface area contributed by atoms with Gasteiger partial charge in [-0.1, -0.05) is 35.0 Å². The molecule has 2 N–H and O–H groups in total. The van der Waals surface area contributed by atoms with Crippen molar-refractivity contribution in [2.24, 2.45) is 5.41 Å². The van der Waals surface area contributed by atoms with E-state index in [9.17, 15) is 24.0 Å². The molecule has 9 rings (SSSR count). The summed E-state index contributed by atoms with van der Waals surface area (Å²) in [6, 6.07) is 12.8. The second-order valence-corrected chi connectivity index (χ2v) is 17.7. The average molecular weight is 890 g/mol. The molecule has 0 aliphatic carbocycles. The van der Waals surface area contributed by atoms with Crippen molar-refractivity contribution in [3.05, 3.63) is 94.9 Å². The number of pyridine rings is 1. The fourth-order valence-corrected chi connectivity index (χ4v) is 9.65. The second-order valence-electron chi connectivity index (χ2n) is 17.3. The highest BCUT2D eigenvalue weighted by atomic mass is 35.5. The van der Waals surface area contributed by atoms with E-state index >= 15 is 4.39 Å². The summed E-state index contributed by atoms with van der Waals surface area (Å²) in [4.78, 5) is 80.3. The highest BCUT2D eigenvalue weighted by molar-refractivity contribution is 6.34. The molecule has 0 atom stereocenters. The van der Waals surface area contributed by atoms with E-state index in [1.54, 1.807) is 42.1 Å². The van der Waals surface area contributed by atoms with Crippen LogP contribution in [0.25, 0.3) is 27.6 Å². The van der Waals surface area contributed by atoms with E-state index in [4.69, 9.17) is 11.6 Å². The molecule has 3 aromatic heterocycles. The number of rotatable bonds is 9. The molecule has 0 bridgehead atoms. The maximum atomic E-state index is 16.6. The van der Waals surface area contributed by atoms with Crippen LogP contribution >= 0.6 is 11.6 Å². The van der Waals surface area contributed by atoms with Gasteiger partial charge in [-0.2, -0.15) is 0 Å². The number of aromatic amines is 1. The molecule has 4 aliphatic rings. The van der Waals surface area contributed by atoms with Gasteiger partial charge in [-0.05, 0) is 84.6 Å². The van der Waals surface area contributed by atoms with Gasteiger partial charge in [0.05, 0.1) is 29.0 Å². The Morgan fingerprint density at radius 2 is 1.67 bits per heavy atom. The van der Waals surface area contributed by atoms with Gasteiger partial charge in [0.2, 0.25) is 11.8 Å². The molecular formula is C46H49ClFN11O5. The Morgan fingerprint density at radius 3 is 2.38 bits per heavy atom. The Hall–Kier alpha value is -6.62. The largest absolute Gasteiger partial charge is 0.371 e. The van der Waals surface area contributed by atoms with Gasteiger partial charge in [-0.25, -0.2) is 14.2 Å². The molecule has 0 saturated carbocycles. The van der Waals surface area contributed by atoms with Crippen molar-refractivity contribution < 1.29 is 28.4 Å². The Morgan fingerprint density at radius 1 is 0.922 bits per heavy atom. The molecule has 2 aromatic carbocycles. The molecule has 4 aliphatic heterocycles. The van der Waals surface area contributed by atoms with Crippen LogP contribution in [0.2, 0.25) is 5.02 Å². The van der Waals surface area contributed by atoms with E-state index in [0.717, 1.165) is 55.6 Å². The van der Waals surface area contributed by atoms with Crippen molar-refractivity contribution in [2.45, 2.75) is 51.5 Å². The summed E-state index contributed by atoms with van der Waals surface area (Å²) in [5.41, 5.74) is 5.02. The number of urea groups is 1. The number of likely N-dealkylation sites (tertiary alicyclic amines) is 1. The van der Waals surface area contributed by atoms with E-state index in [0.29, 0.717) is 54.8 Å². The van der Waals surface area contributed by atoms with E-state index < -0.39 is 11.8 Å². The highest BCUT2D eigenvalue weighted by Gasteiger charge is 2.39. The summed E-state index contributed by atoms with van der Waals surface area (Å²) >= 11 is 6.38. The van der Waals surface area contributed by atoms with Crippen molar-refractivity contribution in [1.29, 1.82) is 0 Å². The Kier molecular flexibility index (Phi) is 11.7. The van der Waals surface area contributed by atoms with Crippen LogP contribution in [-0.2, 0) is 16.1 Å². The van der Waals surface area contributed by atoms with Crippen LogP contribution in [-0.4, -0.2) is 129 Å². The molecule has 3 saturated heterocycles. The molecule has 1 spiro atoms. The van der Waals surface area contributed by atoms with Crippen LogP contribution in [0.5, 0.6) is 0 Å². The first-order valence-electron chi connectivity index (χ1n) is 21.7. The van der Waals surface area contributed by atoms with Crippen molar-refractivity contribution in [3.63, 3.8) is 0 Å². The zero-order valence-electron chi connectivity index (χ0n) is 35.8. The summed E-state index contributed by atoms with van der Waals surface area (Å²) in [6.07, 6.45) is 11.3. The van der Waals surface area contributed by atoms with Gasteiger partial charge in [0.25, 0.3) is 11.8 Å². The van der Waals surface area contributed by atoms with Crippen LogP contribution in [0, 0.1) is 11.2 Å². The minimum Gasteiger partial charge on any atom is -0.371 e. The number of piperidine rings is 2. The van der Waals surface area contributed by atoms with Crippen molar-refractivity contribution in [1.82, 2.24) is 45.0 Å². The Labute approximate surface area is 374 Å². The first-order valence-corrected chi connectivity index (χ1v) is 22.0. The van der Waals surface area contributed by atoms with E-state index in [-0.39, 0.29) is 76.9 Å². The first kappa shape index (κ1) is 42.7. The van der Waals surface area contributed by atoms with Crippen LogP contribution in [0.15, 0.2) is 67.1 Å². The highest BCUT2D eigenvalue weighted by Crippen LogP contribution is 2.43. The molecule has 16 nitrogen and oxygen atoms in total. The van der Waals surface area contributed by atoms with E-state index in [1.807, 2.05) is 29.2 Å². The number of anilines is 2. The molecule has 18 heteroatoms. The molecule has 5 aromatic rings. The normalized spacial score (nSPS) is 17.8. The third-order valence-electron chi connectivity index (χ3n) is 13.2. The number of nitrogens with one attached hydrogen (secondary N) is 2. The maximum Gasteiger partial charge on any atom is 0.328 e. The number of aryl methyl sites for hydroxylation is 1. The number of hydrogen-bond acceptors (Lipinski definition) is 9. The van der Waals surface area contributed by atoms with Gasteiger partial charge in [-0.15, -0.1) is 5.10 Å². The van der Waals surface area contributed by atoms with Gasteiger partial charge in [0.1, 0.15) is 11.4 Å². The van der Waals surface area contributed by atoms with Crippen molar-refractivity contribution >= 4 is 69.1 Å². The van der Waals surface area contributed by atoms with Crippen molar-refractivity contribution in [3.8, 4) is 11.1 Å². The van der Waals surface area contributed by atoms with Gasteiger partial charge in [0, 0.05) is 102 Å². The molecule has 0 radical (unpaired) electrons. The summed E-state index contributed by atoms with van der Waals surface area (Å²) in [5.74, 6) is -1.35. The summed E-state index contributed by atoms with van der Waals surface area (Å²) in [6.45, 7) is 4.27. The zero-order chi connectivity index (χ0) is 44.7. The third kappa shape index (κ3) is 8.43. The lowest BCUT2D eigenvalue weighted by Crippen LogP contribution is -2.50. The fraction of sp³-hybridized carbons (Fsp3) is 0.391. The lowest BCUT2D eigenvalue weighted by Gasteiger charge is -2.47. The van der Waals surface area contributed by atoms with Gasteiger partial charge < -0.3 is 24.6 Å². The SMILES string of the molecule is CN(C)C(=O)c1cc2c(-c3ccc(N4CCC5(CCN(C(=O)c6cc(N7CCC(=O)NC7=O)c(Cl)cn6)CC5)CC4)cc3)cc(C3=CCCN(C(=O)CCn4ccnn4)C3)c(F)c2[nH]1. The number of halogens is 2. The summed E-state index contributed by atoms with van der Waals surface area (Å²) in [7, 11) is 3.32. The summed E-state index contributed by atoms with van der Waals surface area (Å²) in [5, 5.41) is 10.9. The molecule has 3 fully saturated rings. The predicted molar refractivity (Wildman–Crippen MR) is 239 cm³/mol. The third-order valence-corrected chi connectivity index (χ3v) is 13.5. The summed E-state index contributed by atoms with van der Waals surface area (Å²) < 4.78 is 18.2. The molecule has 6 amide bonds. The smallest absolute Gasteiger partial charge is 0.328 e. The molecular weight excluding hydrogens is 841 g/mol. The monoisotopic (exact) mass is 889 g/mol. The standard InChI is InChI=1S/C46H49ClFN11O5/c1-54(2)43(62)37-25-34-32(24-33(41(48)42(34)51-37)30-4-3-16-57(28-30)40(61)10-17-58-23-15-50-53-58)29-5-7-31(8-6-29)55-19-11-46(12-20-55)13-21-56(22-14-46)44(63)36-26-38(35(47)27-49-36)59-18-9-39(60)52-45(59)64/h4-8,15,23-27,51H,3,9-14,16-22,28H2,1-2H3,(H,52,60,64). The minimum absolute atomic E-state index is 0.0462. The number of amides is 6. The number of hydrogen-bond donors (Lipinski definition) is 2. The number of nitrogens with zero attached hydrogens (tertiary/aromatic N) is 9. The second kappa shape index (κ2) is 17.5. The van der Waals surface area contributed by atoms with Crippen molar-refractivity contribution in [2.75, 3.05) is 69.7 Å². The quantitative estimate of drug-likeness (QED) is 0.180. The molecule has 0 unspecified atom stereocenters. The Balaban J connectivity index is 0.877. The number of imide groups is 1. The molecule has 64 heavy (non-hydrogen) atoms. The van der Waals surface area contributed by atoms with Gasteiger partial charge in [-0.3, -0.25) is 34.1 Å². The number of fused-ring (bicyclic) bond motifs is 1. The minimum atomic E-state index is -0.578. The van der Waals surface area contributed by atoms with E-state index in [2.05, 4.69) is 42.6 Å². The lowest BCUT2D eigenvalue weighted by atomic mass is 9.71. The number of carbonyl (C=O) groups excluding carboxylic acids is 5. The van der Waals surface area contributed by atoms with E-state index in [1.165, 1.54) is 22.1 Å². The number of carbonyl (C=O) groups is 5.